The summed E-state index contributed by atoms with van der Waals surface area (Å²) in [4.78, 5) is 41.7. The van der Waals surface area contributed by atoms with Crippen molar-refractivity contribution in [2.75, 3.05) is 17.2 Å². The Morgan fingerprint density at radius 3 is 2.48 bits per heavy atom. The predicted octanol–water partition coefficient (Wildman–Crippen LogP) is 2.74. The number of halogens is 2. The lowest BCUT2D eigenvalue weighted by atomic mass is 10.1. The van der Waals surface area contributed by atoms with Crippen LogP contribution < -0.4 is 21.9 Å². The van der Waals surface area contributed by atoms with Crippen LogP contribution in [0, 0.1) is 11.8 Å². The molecule has 1 aromatic heterocycles. The monoisotopic (exact) mass is 438 g/mol. The maximum absolute atomic E-state index is 13.1. The van der Waals surface area contributed by atoms with Gasteiger partial charge in [0, 0.05) is 6.54 Å². The Labute approximate surface area is 178 Å². The van der Waals surface area contributed by atoms with Gasteiger partial charge < -0.3 is 10.6 Å². The van der Waals surface area contributed by atoms with Gasteiger partial charge in [-0.25, -0.2) is 4.79 Å². The summed E-state index contributed by atoms with van der Waals surface area (Å²) in [7, 11) is 0. The van der Waals surface area contributed by atoms with Crippen LogP contribution >= 0.6 is 23.2 Å². The highest BCUT2D eigenvalue weighted by atomic mass is 35.5. The zero-order valence-electron chi connectivity index (χ0n) is 16.3. The summed E-state index contributed by atoms with van der Waals surface area (Å²) < 4.78 is 0.121. The molecule has 0 saturated heterocycles. The summed E-state index contributed by atoms with van der Waals surface area (Å²) in [6, 6.07) is 9.24. The normalized spacial score (nSPS) is 17.3. The number of aromatic nitrogens is 2. The SMILES string of the molecule is CC(C)CCN(C(=O)[C@H]1CC1(Cl)Cl)c1c(N)n(Cc2ccccc2)c(=O)[nH]c1=O. The van der Waals surface area contributed by atoms with Gasteiger partial charge in [-0.3, -0.25) is 19.1 Å². The van der Waals surface area contributed by atoms with Gasteiger partial charge in [0.05, 0.1) is 12.5 Å². The van der Waals surface area contributed by atoms with E-state index >= 15 is 0 Å². The maximum atomic E-state index is 13.1. The van der Waals surface area contributed by atoms with Crippen molar-refractivity contribution in [3.05, 3.63) is 56.7 Å². The van der Waals surface area contributed by atoms with Gasteiger partial charge in [-0.2, -0.15) is 0 Å². The van der Waals surface area contributed by atoms with Gasteiger partial charge in [0.1, 0.15) is 10.2 Å². The van der Waals surface area contributed by atoms with E-state index in [1.54, 1.807) is 0 Å². The number of carbonyl (C=O) groups excluding carboxylic acids is 1. The molecule has 1 aliphatic carbocycles. The third-order valence-corrected chi connectivity index (χ3v) is 5.82. The van der Waals surface area contributed by atoms with Gasteiger partial charge in [0.2, 0.25) is 5.91 Å². The van der Waals surface area contributed by atoms with Crippen LogP contribution in [-0.2, 0) is 11.3 Å². The highest BCUT2D eigenvalue weighted by molar-refractivity contribution is 6.52. The van der Waals surface area contributed by atoms with Crippen molar-refractivity contribution in [2.45, 2.75) is 37.6 Å². The molecule has 1 atom stereocenters. The summed E-state index contributed by atoms with van der Waals surface area (Å²) >= 11 is 12.2. The Balaban J connectivity index is 2.04. The van der Waals surface area contributed by atoms with Crippen molar-refractivity contribution in [3.63, 3.8) is 0 Å². The molecule has 0 aliphatic heterocycles. The molecule has 1 aliphatic rings. The number of carbonyl (C=O) groups is 1. The second kappa shape index (κ2) is 8.24. The number of nitrogen functional groups attached to an aromatic ring is 1. The minimum Gasteiger partial charge on any atom is -0.383 e. The Morgan fingerprint density at radius 2 is 1.93 bits per heavy atom. The fourth-order valence-electron chi connectivity index (χ4n) is 3.15. The topological polar surface area (TPSA) is 101 Å². The molecule has 156 valence electrons. The molecule has 0 unspecified atom stereocenters. The minimum absolute atomic E-state index is 0.0396. The van der Waals surface area contributed by atoms with Crippen molar-refractivity contribution in [2.24, 2.45) is 11.8 Å². The number of amides is 1. The van der Waals surface area contributed by atoms with Gasteiger partial charge in [0.25, 0.3) is 5.56 Å². The summed E-state index contributed by atoms with van der Waals surface area (Å²) in [5.74, 6) is -0.740. The molecular weight excluding hydrogens is 415 g/mol. The molecule has 3 rings (SSSR count). The van der Waals surface area contributed by atoms with Crippen LogP contribution in [0.5, 0.6) is 0 Å². The molecule has 1 fully saturated rings. The lowest BCUT2D eigenvalue weighted by Gasteiger charge is -2.25. The summed E-state index contributed by atoms with van der Waals surface area (Å²) in [6.07, 6.45) is 0.960. The molecule has 0 radical (unpaired) electrons. The quantitative estimate of drug-likeness (QED) is 0.648. The Bertz CT molecular complexity index is 1010. The lowest BCUT2D eigenvalue weighted by Crippen LogP contribution is -2.43. The van der Waals surface area contributed by atoms with Crippen molar-refractivity contribution < 1.29 is 4.79 Å². The highest BCUT2D eigenvalue weighted by Crippen LogP contribution is 2.54. The fourth-order valence-corrected chi connectivity index (χ4v) is 3.65. The Kier molecular flexibility index (Phi) is 6.10. The van der Waals surface area contributed by atoms with Gasteiger partial charge in [-0.1, -0.05) is 44.2 Å². The van der Waals surface area contributed by atoms with Crippen molar-refractivity contribution in [1.29, 1.82) is 0 Å². The van der Waals surface area contributed by atoms with E-state index in [2.05, 4.69) is 4.98 Å². The standard InChI is InChI=1S/C20H24Cl2N4O3/c1-12(2)8-9-25(18(28)14-10-20(14,21)22)15-16(23)26(19(29)24-17(15)27)11-13-6-4-3-5-7-13/h3-7,12,14H,8-11,23H2,1-2H3,(H,24,27,29)/t14-/m1/s1. The number of nitrogens with one attached hydrogen (secondary N) is 1. The molecule has 1 heterocycles. The van der Waals surface area contributed by atoms with E-state index in [1.807, 2.05) is 44.2 Å². The average molecular weight is 439 g/mol. The Morgan fingerprint density at radius 1 is 1.31 bits per heavy atom. The molecule has 9 heteroatoms. The van der Waals surface area contributed by atoms with E-state index in [9.17, 15) is 14.4 Å². The first-order valence-electron chi connectivity index (χ1n) is 9.47. The smallest absolute Gasteiger partial charge is 0.330 e. The van der Waals surface area contributed by atoms with Crippen molar-refractivity contribution in [1.82, 2.24) is 9.55 Å². The number of hydrogen-bond acceptors (Lipinski definition) is 4. The van der Waals surface area contributed by atoms with E-state index in [4.69, 9.17) is 28.9 Å². The van der Waals surface area contributed by atoms with Crippen molar-refractivity contribution in [3.8, 4) is 0 Å². The maximum Gasteiger partial charge on any atom is 0.330 e. The summed E-state index contributed by atoms with van der Waals surface area (Å²) in [6.45, 7) is 4.46. The van der Waals surface area contributed by atoms with Gasteiger partial charge in [0.15, 0.2) is 5.69 Å². The van der Waals surface area contributed by atoms with Crippen LogP contribution in [0.2, 0.25) is 0 Å². The number of rotatable bonds is 7. The van der Waals surface area contributed by atoms with Gasteiger partial charge in [-0.15, -0.1) is 23.2 Å². The number of benzene rings is 1. The molecule has 29 heavy (non-hydrogen) atoms. The molecule has 7 nitrogen and oxygen atoms in total. The van der Waals surface area contributed by atoms with Crippen molar-refractivity contribution >= 4 is 40.6 Å². The van der Waals surface area contributed by atoms with Crippen LogP contribution in [0.4, 0.5) is 11.5 Å². The number of anilines is 2. The zero-order chi connectivity index (χ0) is 21.3. The highest BCUT2D eigenvalue weighted by Gasteiger charge is 2.57. The van der Waals surface area contributed by atoms with E-state index in [0.29, 0.717) is 12.8 Å². The van der Waals surface area contributed by atoms with Gasteiger partial charge >= 0.3 is 5.69 Å². The molecule has 1 amide bonds. The fraction of sp³-hybridized carbons (Fsp3) is 0.450. The molecule has 1 saturated carbocycles. The number of nitrogens with zero attached hydrogens (tertiary/aromatic N) is 2. The molecule has 2 aromatic rings. The third-order valence-electron chi connectivity index (χ3n) is 4.99. The largest absolute Gasteiger partial charge is 0.383 e. The van der Waals surface area contributed by atoms with Crippen LogP contribution in [-0.4, -0.2) is 26.3 Å². The predicted molar refractivity (Wildman–Crippen MR) is 116 cm³/mol. The van der Waals surface area contributed by atoms with Crippen LogP contribution in [0.15, 0.2) is 39.9 Å². The van der Waals surface area contributed by atoms with E-state index in [-0.39, 0.29) is 36.4 Å². The van der Waals surface area contributed by atoms with Crippen LogP contribution in [0.1, 0.15) is 32.3 Å². The zero-order valence-corrected chi connectivity index (χ0v) is 17.8. The first kappa shape index (κ1) is 21.5. The Hall–Kier alpha value is -2.25. The minimum atomic E-state index is -1.13. The van der Waals surface area contributed by atoms with Gasteiger partial charge in [-0.05, 0) is 24.3 Å². The van der Waals surface area contributed by atoms with Crippen LogP contribution in [0.3, 0.4) is 0 Å². The van der Waals surface area contributed by atoms with Crippen LogP contribution in [0.25, 0.3) is 0 Å². The second-order valence-corrected chi connectivity index (χ2v) is 9.30. The van der Waals surface area contributed by atoms with E-state index < -0.39 is 21.5 Å². The van der Waals surface area contributed by atoms with E-state index in [0.717, 1.165) is 5.56 Å². The summed E-state index contributed by atoms with van der Waals surface area (Å²) in [5.41, 5.74) is 5.71. The number of alkyl halides is 2. The first-order chi connectivity index (χ1) is 13.6. The number of H-pyrrole nitrogens is 1. The lowest BCUT2D eigenvalue weighted by molar-refractivity contribution is -0.119. The molecular formula is C20H24Cl2N4O3. The molecule has 3 N–H and O–H groups in total. The second-order valence-electron chi connectivity index (χ2n) is 7.76. The molecule has 1 aromatic carbocycles. The van der Waals surface area contributed by atoms with E-state index in [1.165, 1.54) is 9.47 Å². The number of nitrogens with two attached hydrogens (primary N) is 1. The first-order valence-corrected chi connectivity index (χ1v) is 10.2. The summed E-state index contributed by atoms with van der Waals surface area (Å²) in [5, 5.41) is 0. The number of aromatic amines is 1. The average Bonchev–Trinajstić information content (AvgIpc) is 3.29. The third kappa shape index (κ3) is 4.67. The molecule has 0 spiro atoms. The number of hydrogen-bond donors (Lipinski definition) is 2. The molecule has 0 bridgehead atoms.